The van der Waals surface area contributed by atoms with E-state index in [9.17, 15) is 0 Å². The second-order valence-electron chi connectivity index (χ2n) is 4.20. The van der Waals surface area contributed by atoms with Crippen molar-refractivity contribution < 1.29 is 0 Å². The number of aromatic nitrogens is 1. The van der Waals surface area contributed by atoms with Gasteiger partial charge in [-0.15, -0.1) is 11.3 Å². The van der Waals surface area contributed by atoms with Crippen molar-refractivity contribution in [3.8, 4) is 0 Å². The lowest BCUT2D eigenvalue weighted by atomic mass is 10.0. The van der Waals surface area contributed by atoms with E-state index in [2.05, 4.69) is 41.6 Å². The fourth-order valence-electron chi connectivity index (χ4n) is 2.31. The van der Waals surface area contributed by atoms with Crippen LogP contribution in [0.2, 0.25) is 0 Å². The molecule has 0 saturated carbocycles. The first-order valence-corrected chi connectivity index (χ1v) is 6.51. The van der Waals surface area contributed by atoms with Crippen molar-refractivity contribution in [3.05, 3.63) is 57.9 Å². The third-order valence-electron chi connectivity index (χ3n) is 3.10. The second-order valence-corrected chi connectivity index (χ2v) is 5.18. The molecular weight excluding hydrogens is 228 g/mol. The van der Waals surface area contributed by atoms with Crippen molar-refractivity contribution in [3.63, 3.8) is 0 Å². The highest BCUT2D eigenvalue weighted by Gasteiger charge is 2.17. The molecule has 3 N–H and O–H groups in total. The Morgan fingerprint density at radius 1 is 1.18 bits per heavy atom. The van der Waals surface area contributed by atoms with E-state index in [0.29, 0.717) is 0 Å². The molecule has 0 bridgehead atoms. The smallest absolute Gasteiger partial charge is 0.0669 e. The lowest BCUT2D eigenvalue weighted by Gasteiger charge is -2.10. The molecule has 2 aromatic heterocycles. The maximum atomic E-state index is 6.36. The van der Waals surface area contributed by atoms with Crippen LogP contribution in [-0.4, -0.2) is 4.98 Å². The average molecular weight is 242 g/mol. The minimum atomic E-state index is -0.0360. The number of hydrogen-bond donors (Lipinski definition) is 2. The van der Waals surface area contributed by atoms with Crippen LogP contribution in [0.4, 0.5) is 0 Å². The maximum Gasteiger partial charge on any atom is 0.0669 e. The van der Waals surface area contributed by atoms with Crippen LogP contribution in [0.25, 0.3) is 10.9 Å². The molecule has 0 aliphatic heterocycles. The number of fused-ring (bicyclic) bond motifs is 1. The Kier molecular flexibility index (Phi) is 2.50. The topological polar surface area (TPSA) is 41.8 Å². The van der Waals surface area contributed by atoms with E-state index in [4.69, 9.17) is 5.73 Å². The van der Waals surface area contributed by atoms with E-state index in [1.165, 1.54) is 15.8 Å². The Morgan fingerprint density at radius 2 is 2.00 bits per heavy atom. The van der Waals surface area contributed by atoms with Gasteiger partial charge in [-0.3, -0.25) is 0 Å². The zero-order chi connectivity index (χ0) is 11.8. The number of aromatic amines is 1. The lowest BCUT2D eigenvalue weighted by molar-refractivity contribution is 0.889. The minimum absolute atomic E-state index is 0.0360. The monoisotopic (exact) mass is 242 g/mol. The van der Waals surface area contributed by atoms with Crippen LogP contribution in [-0.2, 0) is 0 Å². The number of aryl methyl sites for hydroxylation is 1. The van der Waals surface area contributed by atoms with Gasteiger partial charge in [-0.1, -0.05) is 24.3 Å². The standard InChI is InChI=1S/C14H14N2S/c1-9-13(14(15)12-7-4-8-17-12)10-5-2-3-6-11(10)16-9/h2-8,14,16H,15H2,1H3/t14-/m1/s1. The summed E-state index contributed by atoms with van der Waals surface area (Å²) in [6.07, 6.45) is 0. The Bertz CT molecular complexity index is 637. The van der Waals surface area contributed by atoms with Gasteiger partial charge in [-0.2, -0.15) is 0 Å². The number of thiophene rings is 1. The third-order valence-corrected chi connectivity index (χ3v) is 4.06. The molecule has 0 unspecified atom stereocenters. The van der Waals surface area contributed by atoms with Gasteiger partial charge >= 0.3 is 0 Å². The highest BCUT2D eigenvalue weighted by atomic mass is 32.1. The molecule has 3 heteroatoms. The fourth-order valence-corrected chi connectivity index (χ4v) is 3.05. The summed E-state index contributed by atoms with van der Waals surface area (Å²) in [5.74, 6) is 0. The van der Waals surface area contributed by atoms with Crippen LogP contribution in [0.1, 0.15) is 22.2 Å². The van der Waals surface area contributed by atoms with E-state index in [-0.39, 0.29) is 6.04 Å². The normalized spacial score (nSPS) is 13.1. The van der Waals surface area contributed by atoms with Crippen LogP contribution in [0.15, 0.2) is 41.8 Å². The molecule has 3 rings (SSSR count). The maximum absolute atomic E-state index is 6.36. The predicted molar refractivity (Wildman–Crippen MR) is 73.4 cm³/mol. The predicted octanol–water partition coefficient (Wildman–Crippen LogP) is 3.59. The van der Waals surface area contributed by atoms with E-state index in [1.54, 1.807) is 11.3 Å². The summed E-state index contributed by atoms with van der Waals surface area (Å²) in [6.45, 7) is 2.09. The first-order valence-electron chi connectivity index (χ1n) is 5.63. The SMILES string of the molecule is Cc1[nH]c2ccccc2c1[C@H](N)c1cccs1. The van der Waals surface area contributed by atoms with Crippen molar-refractivity contribution in [2.75, 3.05) is 0 Å². The number of para-hydroxylation sites is 1. The molecule has 0 aliphatic rings. The first kappa shape index (κ1) is 10.6. The molecule has 0 amide bonds. The van der Waals surface area contributed by atoms with Gasteiger partial charge in [-0.05, 0) is 24.4 Å². The van der Waals surface area contributed by atoms with Gasteiger partial charge in [0.1, 0.15) is 0 Å². The summed E-state index contributed by atoms with van der Waals surface area (Å²) in [5, 5.41) is 3.30. The highest BCUT2D eigenvalue weighted by Crippen LogP contribution is 2.31. The summed E-state index contributed by atoms with van der Waals surface area (Å²) in [4.78, 5) is 4.60. The van der Waals surface area contributed by atoms with Crippen molar-refractivity contribution in [2.24, 2.45) is 5.73 Å². The third kappa shape index (κ3) is 1.68. The van der Waals surface area contributed by atoms with Gasteiger partial charge in [0.15, 0.2) is 0 Å². The molecule has 1 atom stereocenters. The average Bonchev–Trinajstić information content (AvgIpc) is 2.94. The molecular formula is C14H14N2S. The van der Waals surface area contributed by atoms with Crippen LogP contribution in [0.3, 0.4) is 0 Å². The van der Waals surface area contributed by atoms with E-state index >= 15 is 0 Å². The van der Waals surface area contributed by atoms with Gasteiger partial charge < -0.3 is 10.7 Å². The lowest BCUT2D eigenvalue weighted by Crippen LogP contribution is -2.10. The number of H-pyrrole nitrogens is 1. The second kappa shape index (κ2) is 4.02. The molecule has 86 valence electrons. The Balaban J connectivity index is 2.20. The number of hydrogen-bond acceptors (Lipinski definition) is 2. The Morgan fingerprint density at radius 3 is 2.76 bits per heavy atom. The molecule has 2 nitrogen and oxygen atoms in total. The molecule has 2 heterocycles. The van der Waals surface area contributed by atoms with Crippen molar-refractivity contribution in [1.29, 1.82) is 0 Å². The van der Waals surface area contributed by atoms with E-state index < -0.39 is 0 Å². The largest absolute Gasteiger partial charge is 0.358 e. The Labute approximate surface area is 104 Å². The molecule has 0 radical (unpaired) electrons. The van der Waals surface area contributed by atoms with Crippen LogP contribution >= 0.6 is 11.3 Å². The zero-order valence-corrected chi connectivity index (χ0v) is 10.4. The minimum Gasteiger partial charge on any atom is -0.358 e. The van der Waals surface area contributed by atoms with E-state index in [1.807, 2.05) is 12.1 Å². The van der Waals surface area contributed by atoms with Gasteiger partial charge in [-0.25, -0.2) is 0 Å². The fraction of sp³-hybridized carbons (Fsp3) is 0.143. The van der Waals surface area contributed by atoms with Gasteiger partial charge in [0.25, 0.3) is 0 Å². The Hall–Kier alpha value is -1.58. The quantitative estimate of drug-likeness (QED) is 0.708. The van der Waals surface area contributed by atoms with Crippen LogP contribution in [0, 0.1) is 6.92 Å². The summed E-state index contributed by atoms with van der Waals surface area (Å²) in [7, 11) is 0. The molecule has 0 saturated heterocycles. The van der Waals surface area contributed by atoms with Crippen molar-refractivity contribution in [1.82, 2.24) is 4.98 Å². The highest BCUT2D eigenvalue weighted by molar-refractivity contribution is 7.10. The van der Waals surface area contributed by atoms with Crippen molar-refractivity contribution >= 4 is 22.2 Å². The van der Waals surface area contributed by atoms with E-state index in [0.717, 1.165) is 11.2 Å². The summed E-state index contributed by atoms with van der Waals surface area (Å²) in [6, 6.07) is 12.4. The summed E-state index contributed by atoms with van der Waals surface area (Å²) >= 11 is 1.71. The van der Waals surface area contributed by atoms with Crippen LogP contribution in [0.5, 0.6) is 0 Å². The van der Waals surface area contributed by atoms with Crippen molar-refractivity contribution in [2.45, 2.75) is 13.0 Å². The summed E-state index contributed by atoms with van der Waals surface area (Å²) < 4.78 is 0. The van der Waals surface area contributed by atoms with Crippen LogP contribution < -0.4 is 5.73 Å². The molecule has 0 fully saturated rings. The molecule has 0 spiro atoms. The molecule has 17 heavy (non-hydrogen) atoms. The number of nitrogens with one attached hydrogen (secondary N) is 1. The summed E-state index contributed by atoms with van der Waals surface area (Å²) in [5.41, 5.74) is 9.89. The number of benzene rings is 1. The van der Waals surface area contributed by atoms with Gasteiger partial charge in [0.05, 0.1) is 6.04 Å². The molecule has 1 aromatic carbocycles. The zero-order valence-electron chi connectivity index (χ0n) is 9.60. The first-order chi connectivity index (χ1) is 8.27. The van der Waals surface area contributed by atoms with Gasteiger partial charge in [0, 0.05) is 27.0 Å². The number of rotatable bonds is 2. The molecule has 3 aromatic rings. The number of nitrogens with two attached hydrogens (primary N) is 1. The molecule has 0 aliphatic carbocycles. The van der Waals surface area contributed by atoms with Gasteiger partial charge in [0.2, 0.25) is 0 Å².